The topological polar surface area (TPSA) is 27.7 Å². The number of rotatable bonds is 2. The molecule has 1 aliphatic heterocycles. The maximum Gasteiger partial charge on any atom is 0.864 e. The number of aryl methyl sites for hydroxylation is 1. The molecule has 0 saturated carbocycles. The van der Waals surface area contributed by atoms with Crippen LogP contribution in [0.4, 0.5) is 0 Å². The molecular weight excluding hydrogens is 298 g/mol. The molecule has 0 N–H and O–H groups in total. The molecule has 5 heteroatoms. The van der Waals surface area contributed by atoms with Crippen molar-refractivity contribution in [1.29, 1.82) is 0 Å². The molecule has 0 spiro atoms. The van der Waals surface area contributed by atoms with Gasteiger partial charge in [0, 0.05) is 10.4 Å². The van der Waals surface area contributed by atoms with E-state index < -0.39 is 7.32 Å². The molecule has 108 valence electrons. The van der Waals surface area contributed by atoms with Gasteiger partial charge in [-0.2, -0.15) is 0 Å². The number of halogens is 1. The highest BCUT2D eigenvalue weighted by Crippen LogP contribution is 2.42. The summed E-state index contributed by atoms with van der Waals surface area (Å²) >= 11 is 5.87. The molecule has 1 heterocycles. The molecule has 3 aromatic carbocycles. The minimum absolute atomic E-state index is 0.642. The fourth-order valence-corrected chi connectivity index (χ4v) is 2.73. The Balaban J connectivity index is 1.65. The van der Waals surface area contributed by atoms with Gasteiger partial charge in [0.1, 0.15) is 11.5 Å². The summed E-state index contributed by atoms with van der Waals surface area (Å²) in [7, 11) is -0.790. The van der Waals surface area contributed by atoms with Gasteiger partial charge in [-0.1, -0.05) is 35.9 Å². The van der Waals surface area contributed by atoms with Crippen LogP contribution in [0.25, 0.3) is 10.8 Å². The van der Waals surface area contributed by atoms with E-state index in [1.54, 1.807) is 24.3 Å². The van der Waals surface area contributed by atoms with Crippen LogP contribution in [0, 0.1) is 6.92 Å². The zero-order chi connectivity index (χ0) is 15.1. The molecule has 0 aliphatic carbocycles. The lowest BCUT2D eigenvalue weighted by Gasteiger charge is -2.07. The van der Waals surface area contributed by atoms with Crippen LogP contribution in [-0.4, -0.2) is 7.32 Å². The minimum Gasteiger partial charge on any atom is -0.490 e. The van der Waals surface area contributed by atoms with E-state index in [-0.39, 0.29) is 0 Å². The molecule has 0 saturated heterocycles. The summed E-state index contributed by atoms with van der Waals surface area (Å²) in [5, 5.41) is 2.84. The van der Waals surface area contributed by atoms with Gasteiger partial charge in [0.2, 0.25) is 0 Å². The van der Waals surface area contributed by atoms with Gasteiger partial charge in [0.15, 0.2) is 5.75 Å². The molecule has 0 amide bonds. The monoisotopic (exact) mass is 310 g/mol. The number of benzene rings is 3. The Bertz CT molecular complexity index is 848. The van der Waals surface area contributed by atoms with E-state index in [0.29, 0.717) is 16.5 Å². The van der Waals surface area contributed by atoms with Gasteiger partial charge in [-0.25, -0.2) is 0 Å². The third kappa shape index (κ3) is 2.26. The predicted octanol–water partition coefficient (Wildman–Crippen LogP) is 4.64. The molecule has 0 atom stereocenters. The number of hydrogen-bond acceptors (Lipinski definition) is 3. The van der Waals surface area contributed by atoms with Gasteiger partial charge in [0.05, 0.1) is 0 Å². The Morgan fingerprint density at radius 3 is 2.45 bits per heavy atom. The zero-order valence-electron chi connectivity index (χ0n) is 11.9. The van der Waals surface area contributed by atoms with Crippen molar-refractivity contribution in [2.45, 2.75) is 6.92 Å². The Hall–Kier alpha value is -2.33. The van der Waals surface area contributed by atoms with Crippen molar-refractivity contribution in [1.82, 2.24) is 0 Å². The van der Waals surface area contributed by atoms with E-state index in [2.05, 4.69) is 13.0 Å². The van der Waals surface area contributed by atoms with Gasteiger partial charge in [-0.15, -0.1) is 0 Å². The molecule has 1 aliphatic rings. The highest BCUT2D eigenvalue weighted by Gasteiger charge is 2.39. The largest absolute Gasteiger partial charge is 0.864 e. The number of fused-ring (bicyclic) bond motifs is 3. The van der Waals surface area contributed by atoms with Crippen molar-refractivity contribution in [2.24, 2.45) is 0 Å². The Kier molecular flexibility index (Phi) is 3.12. The third-order valence-electron chi connectivity index (χ3n) is 3.65. The van der Waals surface area contributed by atoms with E-state index in [1.165, 1.54) is 0 Å². The van der Waals surface area contributed by atoms with Crippen molar-refractivity contribution in [3.63, 3.8) is 0 Å². The standard InChI is InChI=1S/C17H12BClO3/c1-11-10-16-17(15-5-3-2-4-14(11)15)22-18(21-16)20-13-8-6-12(19)7-9-13/h2-10H,1H3. The van der Waals surface area contributed by atoms with E-state index in [9.17, 15) is 0 Å². The lowest BCUT2D eigenvalue weighted by Crippen LogP contribution is -2.32. The minimum atomic E-state index is -0.790. The van der Waals surface area contributed by atoms with Gasteiger partial charge >= 0.3 is 7.32 Å². The molecule has 0 unspecified atom stereocenters. The van der Waals surface area contributed by atoms with E-state index in [4.69, 9.17) is 25.6 Å². The number of hydrogen-bond donors (Lipinski definition) is 0. The maximum absolute atomic E-state index is 5.87. The zero-order valence-corrected chi connectivity index (χ0v) is 12.6. The summed E-state index contributed by atoms with van der Waals surface area (Å²) in [5.41, 5.74) is 1.14. The van der Waals surface area contributed by atoms with E-state index in [1.807, 2.05) is 24.3 Å². The van der Waals surface area contributed by atoms with Crippen LogP contribution in [0.1, 0.15) is 5.56 Å². The summed E-state index contributed by atoms with van der Waals surface area (Å²) in [6.07, 6.45) is 0. The summed E-state index contributed by atoms with van der Waals surface area (Å²) in [6.45, 7) is 2.05. The van der Waals surface area contributed by atoms with E-state index in [0.717, 1.165) is 22.1 Å². The van der Waals surface area contributed by atoms with Crippen molar-refractivity contribution in [2.75, 3.05) is 0 Å². The predicted molar refractivity (Wildman–Crippen MR) is 87.8 cm³/mol. The summed E-state index contributed by atoms with van der Waals surface area (Å²) in [5.74, 6) is 2.07. The lowest BCUT2D eigenvalue weighted by molar-refractivity contribution is 0.352. The van der Waals surface area contributed by atoms with Crippen LogP contribution in [0.2, 0.25) is 5.02 Å². The van der Waals surface area contributed by atoms with Crippen molar-refractivity contribution >= 4 is 29.7 Å². The average Bonchev–Trinajstić information content (AvgIpc) is 2.92. The summed E-state index contributed by atoms with van der Waals surface area (Å²) in [4.78, 5) is 0. The van der Waals surface area contributed by atoms with Crippen LogP contribution in [-0.2, 0) is 0 Å². The van der Waals surface area contributed by atoms with Crippen LogP contribution >= 0.6 is 11.6 Å². The van der Waals surface area contributed by atoms with Crippen LogP contribution in [0.15, 0.2) is 54.6 Å². The molecule has 0 bridgehead atoms. The quantitative estimate of drug-likeness (QED) is 0.646. The molecule has 3 aromatic rings. The molecule has 0 radical (unpaired) electrons. The fraction of sp³-hybridized carbons (Fsp3) is 0.0588. The van der Waals surface area contributed by atoms with Crippen molar-refractivity contribution in [3.05, 3.63) is 65.2 Å². The highest BCUT2D eigenvalue weighted by molar-refractivity contribution is 6.41. The van der Waals surface area contributed by atoms with E-state index >= 15 is 0 Å². The SMILES string of the molecule is Cc1cc2c(c3ccccc13)OB(Oc1ccc(Cl)cc1)O2. The molecule has 22 heavy (non-hydrogen) atoms. The first kappa shape index (κ1) is 13.3. The third-order valence-corrected chi connectivity index (χ3v) is 3.90. The van der Waals surface area contributed by atoms with Crippen molar-refractivity contribution < 1.29 is 14.0 Å². The first-order valence-electron chi connectivity index (χ1n) is 6.98. The van der Waals surface area contributed by atoms with Crippen LogP contribution in [0.5, 0.6) is 17.2 Å². The normalized spacial score (nSPS) is 12.7. The highest BCUT2D eigenvalue weighted by atomic mass is 35.5. The first-order valence-corrected chi connectivity index (χ1v) is 7.36. The van der Waals surface area contributed by atoms with Gasteiger partial charge in [-0.05, 0) is 48.2 Å². The molecule has 0 fully saturated rings. The Morgan fingerprint density at radius 2 is 1.68 bits per heavy atom. The van der Waals surface area contributed by atoms with Gasteiger partial charge in [0.25, 0.3) is 0 Å². The lowest BCUT2D eigenvalue weighted by atomic mass is 10.0. The molecule has 0 aromatic heterocycles. The molecule has 3 nitrogen and oxygen atoms in total. The summed E-state index contributed by atoms with van der Waals surface area (Å²) < 4.78 is 17.3. The summed E-state index contributed by atoms with van der Waals surface area (Å²) in [6, 6.07) is 17.2. The second-order valence-electron chi connectivity index (χ2n) is 5.16. The first-order chi connectivity index (χ1) is 10.7. The van der Waals surface area contributed by atoms with Gasteiger partial charge in [-0.3, -0.25) is 0 Å². The second kappa shape index (κ2) is 5.14. The molecule has 4 rings (SSSR count). The average molecular weight is 311 g/mol. The fourth-order valence-electron chi connectivity index (χ4n) is 2.60. The van der Waals surface area contributed by atoms with Crippen LogP contribution < -0.4 is 14.0 Å². The second-order valence-corrected chi connectivity index (χ2v) is 5.60. The smallest absolute Gasteiger partial charge is 0.490 e. The van der Waals surface area contributed by atoms with Crippen LogP contribution in [0.3, 0.4) is 0 Å². The Labute approximate surface area is 133 Å². The van der Waals surface area contributed by atoms with Gasteiger partial charge < -0.3 is 14.0 Å². The van der Waals surface area contributed by atoms with Crippen molar-refractivity contribution in [3.8, 4) is 17.2 Å². The Morgan fingerprint density at radius 1 is 0.955 bits per heavy atom. The molecular formula is C17H12BClO3. The maximum atomic E-state index is 5.87.